The second kappa shape index (κ2) is 3.45. The van der Waals surface area contributed by atoms with Gasteiger partial charge in [-0.05, 0) is 0 Å². The summed E-state index contributed by atoms with van der Waals surface area (Å²) in [6, 6.07) is 0. The Labute approximate surface area is 117 Å². The molecule has 1 atom stereocenters. The summed E-state index contributed by atoms with van der Waals surface area (Å²) in [5.74, 6) is -0.0465. The van der Waals surface area contributed by atoms with Gasteiger partial charge < -0.3 is 0 Å². The van der Waals surface area contributed by atoms with Crippen LogP contribution < -0.4 is 7.06 Å². The molecule has 16 heavy (non-hydrogen) atoms. The van der Waals surface area contributed by atoms with Gasteiger partial charge in [0.25, 0.3) is 0 Å². The third-order valence-corrected chi connectivity index (χ3v) is 10.8. The molecule has 1 unspecified atom stereocenters. The fourth-order valence-electron chi connectivity index (χ4n) is 2.26. The number of hydrogen-bond acceptors (Lipinski definition) is 4. The van der Waals surface area contributed by atoms with E-state index in [9.17, 15) is 4.79 Å². The van der Waals surface area contributed by atoms with E-state index in [1.165, 1.54) is 12.8 Å². The first-order valence-electron chi connectivity index (χ1n) is 5.58. The standard InChI is InChI=1S/C10H16I2N2O2/c1-8(5-3-4-6-8)16-7(15)9(2,11)10-12(13-10)14-10/h13-14H,3-6H2,1-2H3. The Balaban J connectivity index is 1.68. The molecule has 0 radical (unpaired) electrons. The fraction of sp³-hybridized carbons (Fsp3) is 0.900. The van der Waals surface area contributed by atoms with E-state index >= 15 is 0 Å². The fourth-order valence-corrected chi connectivity index (χ4v) is 10.0. The molecule has 2 aliphatic heterocycles. The van der Waals surface area contributed by atoms with E-state index in [0.29, 0.717) is 0 Å². The molecule has 1 aliphatic carbocycles. The summed E-state index contributed by atoms with van der Waals surface area (Å²) in [6.45, 7) is 4.05. The zero-order chi connectivity index (χ0) is 11.6. The zero-order valence-electron chi connectivity index (χ0n) is 9.40. The molecule has 3 aliphatic rings. The van der Waals surface area contributed by atoms with Gasteiger partial charge in [-0.3, -0.25) is 0 Å². The number of ether oxygens (including phenoxy) is 1. The van der Waals surface area contributed by atoms with Crippen LogP contribution >= 0.6 is 43.0 Å². The van der Waals surface area contributed by atoms with Crippen molar-refractivity contribution in [1.82, 2.24) is 7.06 Å². The molecule has 6 heteroatoms. The second-order valence-corrected chi connectivity index (χ2v) is 11.7. The van der Waals surface area contributed by atoms with Crippen molar-refractivity contribution in [2.45, 2.75) is 52.2 Å². The number of carbonyl (C=O) groups is 1. The van der Waals surface area contributed by atoms with Crippen molar-refractivity contribution in [3.8, 4) is 0 Å². The van der Waals surface area contributed by atoms with Crippen molar-refractivity contribution in [1.29, 1.82) is 0 Å². The zero-order valence-corrected chi connectivity index (χ0v) is 13.7. The second-order valence-electron chi connectivity index (χ2n) is 5.18. The molecule has 3 rings (SSSR count). The van der Waals surface area contributed by atoms with Crippen LogP contribution in [-0.2, 0) is 9.53 Å². The first kappa shape index (κ1) is 11.9. The Kier molecular flexibility index (Phi) is 2.57. The number of rotatable bonds is 3. The maximum absolute atomic E-state index is 12.3. The average molecular weight is 450 g/mol. The van der Waals surface area contributed by atoms with E-state index in [2.05, 4.69) is 36.6 Å². The van der Waals surface area contributed by atoms with Gasteiger partial charge in [-0.2, -0.15) is 0 Å². The van der Waals surface area contributed by atoms with Crippen LogP contribution in [-0.4, -0.2) is 18.7 Å². The Bertz CT molecular complexity index is 347. The molecular weight excluding hydrogens is 434 g/mol. The average Bonchev–Trinajstić information content (AvgIpc) is 2.98. The third kappa shape index (κ3) is 1.63. The van der Waals surface area contributed by atoms with Crippen LogP contribution in [0.2, 0.25) is 0 Å². The molecule has 0 amide bonds. The number of fused-ring (bicyclic) bond motifs is 1. The monoisotopic (exact) mass is 450 g/mol. The molecule has 0 aromatic heterocycles. The summed E-state index contributed by atoms with van der Waals surface area (Å²) in [4.78, 5) is 12.3. The van der Waals surface area contributed by atoms with Gasteiger partial charge in [-0.15, -0.1) is 0 Å². The van der Waals surface area contributed by atoms with Crippen LogP contribution in [0.3, 0.4) is 0 Å². The van der Waals surface area contributed by atoms with Crippen LogP contribution in [0.1, 0.15) is 39.5 Å². The molecule has 0 aromatic carbocycles. The predicted molar refractivity (Wildman–Crippen MR) is 78.4 cm³/mol. The van der Waals surface area contributed by atoms with Crippen molar-refractivity contribution >= 4 is 48.9 Å². The first-order valence-corrected chi connectivity index (χ1v) is 9.89. The Morgan fingerprint density at radius 2 is 1.94 bits per heavy atom. The van der Waals surface area contributed by atoms with E-state index in [-0.39, 0.29) is 15.2 Å². The molecule has 0 spiro atoms. The quantitative estimate of drug-likeness (QED) is 0.173. The van der Waals surface area contributed by atoms with Crippen LogP contribution in [0.15, 0.2) is 0 Å². The normalized spacial score (nSPS) is 33.8. The molecule has 4 nitrogen and oxygen atoms in total. The molecular formula is C10H16I2N2O2. The van der Waals surface area contributed by atoms with Crippen molar-refractivity contribution in [2.24, 2.45) is 0 Å². The van der Waals surface area contributed by atoms with Gasteiger partial charge in [0.2, 0.25) is 0 Å². The SMILES string of the molecule is CC1(OC(=O)C(C)(I)C23NI2N3)CCCC1. The molecule has 2 saturated heterocycles. The molecule has 1 saturated carbocycles. The number of alkyl halides is 2. The van der Waals surface area contributed by atoms with Gasteiger partial charge >= 0.3 is 118 Å². The number of hydrogen-bond donors (Lipinski definition) is 2. The summed E-state index contributed by atoms with van der Waals surface area (Å²) >= 11 is 1.17. The van der Waals surface area contributed by atoms with Gasteiger partial charge in [-0.25, -0.2) is 0 Å². The van der Waals surface area contributed by atoms with Gasteiger partial charge in [0.1, 0.15) is 0 Å². The van der Waals surface area contributed by atoms with Crippen LogP contribution in [0.25, 0.3) is 0 Å². The minimum absolute atomic E-state index is 0.0104. The summed E-state index contributed by atoms with van der Waals surface area (Å²) in [6.07, 6.45) is 4.40. The Morgan fingerprint density at radius 3 is 2.38 bits per heavy atom. The van der Waals surface area contributed by atoms with E-state index in [0.717, 1.165) is 12.8 Å². The molecule has 2 N–H and O–H groups in total. The molecule has 92 valence electrons. The van der Waals surface area contributed by atoms with Gasteiger partial charge in [0.05, 0.1) is 0 Å². The predicted octanol–water partition coefficient (Wildman–Crippen LogP) is 2.25. The van der Waals surface area contributed by atoms with E-state index in [4.69, 9.17) is 4.74 Å². The maximum atomic E-state index is 12.3. The Morgan fingerprint density at radius 1 is 1.44 bits per heavy atom. The van der Waals surface area contributed by atoms with E-state index in [1.807, 2.05) is 6.92 Å². The van der Waals surface area contributed by atoms with Crippen molar-refractivity contribution in [3.63, 3.8) is 0 Å². The van der Waals surface area contributed by atoms with Crippen molar-refractivity contribution in [3.05, 3.63) is 0 Å². The molecule has 2 heterocycles. The summed E-state index contributed by atoms with van der Waals surface area (Å²) in [5, 5.41) is 0. The first-order chi connectivity index (χ1) is 7.40. The number of halogens is 2. The molecule has 0 aromatic rings. The summed E-state index contributed by atoms with van der Waals surface area (Å²) < 4.78 is 12.1. The third-order valence-electron chi connectivity index (χ3n) is 3.69. The van der Waals surface area contributed by atoms with Gasteiger partial charge in [-0.1, -0.05) is 0 Å². The van der Waals surface area contributed by atoms with Crippen LogP contribution in [0, 0.1) is 0 Å². The number of esters is 1. The van der Waals surface area contributed by atoms with Crippen LogP contribution in [0.5, 0.6) is 0 Å². The van der Waals surface area contributed by atoms with Crippen molar-refractivity contribution in [2.75, 3.05) is 0 Å². The molecule has 3 fully saturated rings. The van der Waals surface area contributed by atoms with Crippen LogP contribution in [0.4, 0.5) is 0 Å². The van der Waals surface area contributed by atoms with Gasteiger partial charge in [0.15, 0.2) is 0 Å². The van der Waals surface area contributed by atoms with E-state index < -0.39 is 23.8 Å². The Hall–Kier alpha value is 0.850. The van der Waals surface area contributed by atoms with Gasteiger partial charge in [0, 0.05) is 0 Å². The number of nitrogens with one attached hydrogen (secondary N) is 2. The van der Waals surface area contributed by atoms with Crippen molar-refractivity contribution < 1.29 is 9.53 Å². The van der Waals surface area contributed by atoms with E-state index in [1.54, 1.807) is 0 Å². The molecule has 0 bridgehead atoms. The number of carbonyl (C=O) groups excluding carboxylic acids is 1. The topological polar surface area (TPSA) is 70.2 Å². The summed E-state index contributed by atoms with van der Waals surface area (Å²) in [5.41, 5.74) is -0.205. The summed E-state index contributed by atoms with van der Waals surface area (Å²) in [7, 11) is 0. The minimum atomic E-state index is -1.08.